The van der Waals surface area contributed by atoms with Gasteiger partial charge in [-0.3, -0.25) is 0 Å². The lowest BCUT2D eigenvalue weighted by atomic mass is 10.2. The van der Waals surface area contributed by atoms with Crippen molar-refractivity contribution in [2.75, 3.05) is 7.11 Å². The molecule has 1 aromatic rings. The number of halogens is 3. The van der Waals surface area contributed by atoms with E-state index in [1.807, 2.05) is 6.07 Å². The summed E-state index contributed by atoms with van der Waals surface area (Å²) in [5.74, 6) is 0.0505. The van der Waals surface area contributed by atoms with Crippen LogP contribution in [0.2, 0.25) is 0 Å². The summed E-state index contributed by atoms with van der Waals surface area (Å²) in [6, 6.07) is 8.01. The van der Waals surface area contributed by atoms with Gasteiger partial charge >= 0.3 is 6.18 Å². The number of aliphatic imine (C=N–C) groups is 1. The van der Waals surface area contributed by atoms with E-state index in [9.17, 15) is 13.2 Å². The first kappa shape index (κ1) is 18.0. The molecule has 0 aromatic heterocycles. The molecule has 0 saturated heterocycles. The van der Waals surface area contributed by atoms with Gasteiger partial charge in [0.05, 0.1) is 24.4 Å². The Bertz CT molecular complexity index is 710. The zero-order chi connectivity index (χ0) is 17.5. The molecule has 1 rings (SSSR count). The Kier molecular flexibility index (Phi) is 6.15. The van der Waals surface area contributed by atoms with Crippen LogP contribution in [0.15, 0.2) is 65.5 Å². The van der Waals surface area contributed by atoms with E-state index in [4.69, 9.17) is 15.7 Å². The van der Waals surface area contributed by atoms with Crippen molar-refractivity contribution in [1.29, 1.82) is 5.26 Å². The number of ether oxygens (including phenoxy) is 1. The molecule has 7 heteroatoms. The lowest BCUT2D eigenvalue weighted by Crippen LogP contribution is -2.21. The molecular weight excluding hydrogens is 307 g/mol. The minimum absolute atomic E-state index is 0.0505. The van der Waals surface area contributed by atoms with E-state index >= 15 is 0 Å². The summed E-state index contributed by atoms with van der Waals surface area (Å²) >= 11 is 0. The molecule has 0 unspecified atom stereocenters. The number of allylic oxidation sites excluding steroid dienone is 4. The zero-order valence-electron chi connectivity index (χ0n) is 12.3. The highest BCUT2D eigenvalue weighted by molar-refractivity contribution is 6.08. The lowest BCUT2D eigenvalue weighted by molar-refractivity contribution is -0.0925. The molecule has 1 aromatic carbocycles. The molecule has 23 heavy (non-hydrogen) atoms. The van der Waals surface area contributed by atoms with Crippen molar-refractivity contribution in [2.45, 2.75) is 6.18 Å². The van der Waals surface area contributed by atoms with Gasteiger partial charge < -0.3 is 10.5 Å². The second-order valence-corrected chi connectivity index (χ2v) is 4.23. The Labute approximate surface area is 131 Å². The quantitative estimate of drug-likeness (QED) is 0.510. The maximum atomic E-state index is 12.6. The van der Waals surface area contributed by atoms with Crippen LogP contribution < -0.4 is 5.73 Å². The normalized spacial score (nSPS) is 13.4. The maximum absolute atomic E-state index is 12.6. The van der Waals surface area contributed by atoms with Gasteiger partial charge in [-0.1, -0.05) is 18.7 Å². The fourth-order valence-electron chi connectivity index (χ4n) is 1.54. The predicted octanol–water partition coefficient (Wildman–Crippen LogP) is 3.75. The third-order valence-corrected chi connectivity index (χ3v) is 2.59. The monoisotopic (exact) mass is 321 g/mol. The van der Waals surface area contributed by atoms with Gasteiger partial charge in [-0.25, -0.2) is 4.99 Å². The summed E-state index contributed by atoms with van der Waals surface area (Å²) in [4.78, 5) is 4.08. The smallest absolute Gasteiger partial charge is 0.430 e. The summed E-state index contributed by atoms with van der Waals surface area (Å²) < 4.78 is 43.0. The molecule has 0 spiro atoms. The molecule has 0 bridgehead atoms. The number of nitrogens with zero attached hydrogens (tertiary/aromatic N) is 2. The summed E-state index contributed by atoms with van der Waals surface area (Å²) in [5, 5.41) is 8.86. The van der Waals surface area contributed by atoms with Gasteiger partial charge in [0.25, 0.3) is 0 Å². The minimum atomic E-state index is -4.69. The zero-order valence-corrected chi connectivity index (χ0v) is 12.3. The largest absolute Gasteiger partial charge is 0.494 e. The van der Waals surface area contributed by atoms with Crippen molar-refractivity contribution < 1.29 is 17.9 Å². The molecule has 4 nitrogen and oxygen atoms in total. The standard InChI is InChI=1S/C16H14F3N3O/c1-3-5-14(23-2)13(9-15(21)16(17,18)19)22-12-7-4-6-11(8-12)10-20/h3-9H,1,21H2,2H3/b14-5-,15-9-,22-13?. The molecule has 0 aliphatic rings. The fraction of sp³-hybridized carbons (Fsp3) is 0.125. The summed E-state index contributed by atoms with van der Waals surface area (Å²) in [5.41, 5.74) is 4.20. The summed E-state index contributed by atoms with van der Waals surface area (Å²) in [6.45, 7) is 3.46. The molecular formula is C16H14F3N3O. The van der Waals surface area contributed by atoms with Crippen molar-refractivity contribution in [3.05, 3.63) is 66.1 Å². The van der Waals surface area contributed by atoms with Gasteiger partial charge in [-0.05, 0) is 30.4 Å². The minimum Gasteiger partial charge on any atom is -0.494 e. The van der Waals surface area contributed by atoms with Gasteiger partial charge in [-0.2, -0.15) is 18.4 Å². The number of rotatable bonds is 5. The molecule has 0 aliphatic heterocycles. The van der Waals surface area contributed by atoms with Gasteiger partial charge in [0.2, 0.25) is 0 Å². The first-order valence-corrected chi connectivity index (χ1v) is 6.32. The maximum Gasteiger partial charge on any atom is 0.430 e. The molecule has 0 fully saturated rings. The number of benzene rings is 1. The van der Waals surface area contributed by atoms with Crippen LogP contribution in [0.1, 0.15) is 5.56 Å². The number of hydrogen-bond donors (Lipinski definition) is 1. The van der Waals surface area contributed by atoms with Crippen LogP contribution in [0.5, 0.6) is 0 Å². The van der Waals surface area contributed by atoms with Crippen molar-refractivity contribution >= 4 is 11.4 Å². The van der Waals surface area contributed by atoms with Crippen LogP contribution in [0.25, 0.3) is 0 Å². The van der Waals surface area contributed by atoms with Crippen molar-refractivity contribution in [2.24, 2.45) is 10.7 Å². The highest BCUT2D eigenvalue weighted by Crippen LogP contribution is 2.23. The first-order chi connectivity index (χ1) is 10.8. The van der Waals surface area contributed by atoms with Crippen molar-refractivity contribution in [3.8, 4) is 6.07 Å². The Morgan fingerprint density at radius 1 is 1.43 bits per heavy atom. The van der Waals surface area contributed by atoms with E-state index in [0.29, 0.717) is 11.6 Å². The lowest BCUT2D eigenvalue weighted by Gasteiger charge is -2.10. The number of nitriles is 1. The second-order valence-electron chi connectivity index (χ2n) is 4.23. The van der Waals surface area contributed by atoms with E-state index in [2.05, 4.69) is 11.6 Å². The van der Waals surface area contributed by atoms with Gasteiger partial charge in [0, 0.05) is 0 Å². The predicted molar refractivity (Wildman–Crippen MR) is 81.9 cm³/mol. The highest BCUT2D eigenvalue weighted by atomic mass is 19.4. The molecule has 2 N–H and O–H groups in total. The Morgan fingerprint density at radius 2 is 2.13 bits per heavy atom. The average molecular weight is 321 g/mol. The topological polar surface area (TPSA) is 71.4 Å². The molecule has 0 heterocycles. The van der Waals surface area contributed by atoms with Crippen LogP contribution in [-0.4, -0.2) is 19.0 Å². The number of nitrogens with two attached hydrogens (primary N) is 1. The van der Waals surface area contributed by atoms with Gasteiger partial charge in [-0.15, -0.1) is 0 Å². The van der Waals surface area contributed by atoms with Crippen molar-refractivity contribution in [1.82, 2.24) is 0 Å². The second kappa shape index (κ2) is 7.84. The Hall–Kier alpha value is -3.01. The van der Waals surface area contributed by atoms with Crippen LogP contribution >= 0.6 is 0 Å². The summed E-state index contributed by atoms with van der Waals surface area (Å²) in [6.07, 6.45) is -1.33. The van der Waals surface area contributed by atoms with Crippen LogP contribution in [0, 0.1) is 11.3 Å². The number of alkyl halides is 3. The molecule has 0 amide bonds. The summed E-state index contributed by atoms with van der Waals surface area (Å²) in [7, 11) is 1.29. The Morgan fingerprint density at radius 3 is 2.65 bits per heavy atom. The average Bonchev–Trinajstić information content (AvgIpc) is 2.51. The number of methoxy groups -OCH3 is 1. The molecule has 0 saturated carbocycles. The van der Waals surface area contributed by atoms with Crippen molar-refractivity contribution in [3.63, 3.8) is 0 Å². The van der Waals surface area contributed by atoms with E-state index in [0.717, 1.165) is 0 Å². The van der Waals surface area contributed by atoms with E-state index < -0.39 is 11.9 Å². The van der Waals surface area contributed by atoms with E-state index in [1.165, 1.54) is 25.3 Å². The third kappa shape index (κ3) is 5.36. The van der Waals surface area contributed by atoms with Crippen LogP contribution in [0.3, 0.4) is 0 Å². The molecule has 0 aliphatic carbocycles. The van der Waals surface area contributed by atoms with Crippen LogP contribution in [-0.2, 0) is 4.74 Å². The SMILES string of the molecule is C=C/C=C(\OC)C(/C=C(\N)C(F)(F)F)=Nc1cccc(C#N)c1. The fourth-order valence-corrected chi connectivity index (χ4v) is 1.54. The molecule has 120 valence electrons. The number of hydrogen-bond acceptors (Lipinski definition) is 4. The third-order valence-electron chi connectivity index (χ3n) is 2.59. The molecule has 0 atom stereocenters. The molecule has 0 radical (unpaired) electrons. The highest BCUT2D eigenvalue weighted by Gasteiger charge is 2.32. The van der Waals surface area contributed by atoms with E-state index in [-0.39, 0.29) is 17.2 Å². The first-order valence-electron chi connectivity index (χ1n) is 6.32. The van der Waals surface area contributed by atoms with E-state index in [1.54, 1.807) is 18.2 Å². The van der Waals surface area contributed by atoms with Gasteiger partial charge in [0.1, 0.15) is 17.2 Å². The Balaban J connectivity index is 3.45. The van der Waals surface area contributed by atoms with Crippen LogP contribution in [0.4, 0.5) is 18.9 Å². The van der Waals surface area contributed by atoms with Gasteiger partial charge in [0.15, 0.2) is 0 Å².